The first-order valence-corrected chi connectivity index (χ1v) is 7.05. The molecule has 0 amide bonds. The van der Waals surface area contributed by atoms with Crippen LogP contribution in [-0.2, 0) is 0 Å². The molecule has 1 fully saturated rings. The number of piperidine rings is 1. The Hall–Kier alpha value is -1.33. The molecule has 1 saturated heterocycles. The van der Waals surface area contributed by atoms with Crippen molar-refractivity contribution in [2.75, 3.05) is 37.4 Å². The van der Waals surface area contributed by atoms with Gasteiger partial charge in [-0.25, -0.2) is 0 Å². The lowest BCUT2D eigenvalue weighted by molar-refractivity contribution is 0.249. The van der Waals surface area contributed by atoms with Gasteiger partial charge in [-0.15, -0.1) is 0 Å². The smallest absolute Gasteiger partial charge is 0.168 e. The zero-order valence-corrected chi connectivity index (χ0v) is 12.4. The summed E-state index contributed by atoms with van der Waals surface area (Å²) in [6.45, 7) is 2.23. The van der Waals surface area contributed by atoms with Crippen molar-refractivity contribution in [3.63, 3.8) is 0 Å². The number of hydrogen-bond acceptors (Lipinski definition) is 3. The molecule has 0 aliphatic carbocycles. The van der Waals surface area contributed by atoms with E-state index in [-0.39, 0.29) is 0 Å². The maximum Gasteiger partial charge on any atom is 0.168 e. The van der Waals surface area contributed by atoms with Crippen LogP contribution in [0.4, 0.5) is 11.4 Å². The highest BCUT2D eigenvalue weighted by molar-refractivity contribution is 7.80. The number of benzene rings is 1. The number of nitrogens with zero attached hydrogens (tertiary/aromatic N) is 2. The van der Waals surface area contributed by atoms with Crippen LogP contribution >= 0.6 is 12.2 Å². The Morgan fingerprint density at radius 2 is 1.84 bits per heavy atom. The van der Waals surface area contributed by atoms with Crippen molar-refractivity contribution in [3.8, 4) is 0 Å². The summed E-state index contributed by atoms with van der Waals surface area (Å²) in [5.74, 6) is 0. The van der Waals surface area contributed by atoms with Gasteiger partial charge in [-0.3, -0.25) is 0 Å². The fourth-order valence-corrected chi connectivity index (χ4v) is 2.66. The zero-order valence-electron chi connectivity index (χ0n) is 11.6. The summed E-state index contributed by atoms with van der Waals surface area (Å²) in [5, 5.41) is 3.25. The van der Waals surface area contributed by atoms with Crippen LogP contribution in [0.5, 0.6) is 0 Å². The highest BCUT2D eigenvalue weighted by Crippen LogP contribution is 2.23. The monoisotopic (exact) mass is 278 g/mol. The van der Waals surface area contributed by atoms with Crippen LogP contribution in [0, 0.1) is 0 Å². The van der Waals surface area contributed by atoms with Crippen molar-refractivity contribution < 1.29 is 0 Å². The molecule has 1 aliphatic heterocycles. The summed E-state index contributed by atoms with van der Waals surface area (Å²) in [6, 6.07) is 9.00. The van der Waals surface area contributed by atoms with Gasteiger partial charge in [0.2, 0.25) is 0 Å². The van der Waals surface area contributed by atoms with E-state index in [9.17, 15) is 0 Å². The molecule has 104 valence electrons. The highest BCUT2D eigenvalue weighted by atomic mass is 32.1. The average Bonchev–Trinajstić information content (AvgIpc) is 2.39. The topological polar surface area (TPSA) is 44.5 Å². The largest absolute Gasteiger partial charge is 0.376 e. The van der Waals surface area contributed by atoms with Gasteiger partial charge in [-0.2, -0.15) is 0 Å². The summed E-state index contributed by atoms with van der Waals surface area (Å²) in [6.07, 6.45) is 2.44. The maximum atomic E-state index is 5.45. The zero-order chi connectivity index (χ0) is 13.8. The Balaban J connectivity index is 1.94. The van der Waals surface area contributed by atoms with Gasteiger partial charge in [0.05, 0.1) is 0 Å². The number of rotatable bonds is 3. The number of thiocarbonyl (C=S) groups is 1. The van der Waals surface area contributed by atoms with Gasteiger partial charge in [0, 0.05) is 30.5 Å². The number of anilines is 2. The van der Waals surface area contributed by atoms with Gasteiger partial charge in [-0.05, 0) is 63.4 Å². The predicted molar refractivity (Wildman–Crippen MR) is 85.8 cm³/mol. The second-order valence-electron chi connectivity index (χ2n) is 5.22. The van der Waals surface area contributed by atoms with E-state index in [2.05, 4.69) is 41.3 Å². The summed E-state index contributed by atoms with van der Waals surface area (Å²) in [4.78, 5) is 4.76. The van der Waals surface area contributed by atoms with Gasteiger partial charge >= 0.3 is 0 Å². The first-order chi connectivity index (χ1) is 9.06. The van der Waals surface area contributed by atoms with Crippen molar-refractivity contribution in [1.82, 2.24) is 4.90 Å². The number of nitrogens with one attached hydrogen (secondary N) is 1. The minimum absolute atomic E-state index is 0.305. The molecular formula is C14H22N4S. The van der Waals surface area contributed by atoms with E-state index >= 15 is 0 Å². The Bertz CT molecular complexity index is 422. The molecule has 0 bridgehead atoms. The minimum Gasteiger partial charge on any atom is -0.376 e. The molecule has 0 saturated carbocycles. The first kappa shape index (κ1) is 14.1. The fraction of sp³-hybridized carbons (Fsp3) is 0.500. The summed E-state index contributed by atoms with van der Waals surface area (Å²) in [7, 11) is 4.33. The Morgan fingerprint density at radius 1 is 1.26 bits per heavy atom. The molecule has 1 aromatic carbocycles. The Labute approximate surface area is 120 Å². The van der Waals surface area contributed by atoms with E-state index in [0.29, 0.717) is 11.2 Å². The van der Waals surface area contributed by atoms with E-state index in [1.807, 2.05) is 12.1 Å². The van der Waals surface area contributed by atoms with Crippen LogP contribution in [0.3, 0.4) is 0 Å². The second-order valence-corrected chi connectivity index (χ2v) is 5.66. The molecule has 0 unspecified atom stereocenters. The number of nitrogens with two attached hydrogens (primary N) is 1. The van der Waals surface area contributed by atoms with Crippen molar-refractivity contribution in [2.24, 2.45) is 5.73 Å². The van der Waals surface area contributed by atoms with E-state index < -0.39 is 0 Å². The van der Waals surface area contributed by atoms with Crippen molar-refractivity contribution in [1.29, 1.82) is 0 Å². The SMILES string of the molecule is CN(C)C1CCN(c2ccc(NC(N)=S)cc2)CC1. The Morgan fingerprint density at radius 3 is 2.32 bits per heavy atom. The van der Waals surface area contributed by atoms with Crippen LogP contribution < -0.4 is 16.0 Å². The maximum absolute atomic E-state index is 5.45. The summed E-state index contributed by atoms with van der Waals surface area (Å²) in [5.41, 5.74) is 7.67. The lowest BCUT2D eigenvalue weighted by atomic mass is 10.0. The molecule has 0 atom stereocenters. The predicted octanol–water partition coefficient (Wildman–Crippen LogP) is 1.87. The van der Waals surface area contributed by atoms with Crippen LogP contribution in [0.15, 0.2) is 24.3 Å². The van der Waals surface area contributed by atoms with Gasteiger partial charge in [0.1, 0.15) is 0 Å². The van der Waals surface area contributed by atoms with Crippen LogP contribution in [0.25, 0.3) is 0 Å². The van der Waals surface area contributed by atoms with E-state index in [1.54, 1.807) is 0 Å². The molecule has 1 aromatic rings. The van der Waals surface area contributed by atoms with Crippen LogP contribution in [-0.4, -0.2) is 43.2 Å². The third kappa shape index (κ3) is 3.81. The molecule has 1 aliphatic rings. The van der Waals surface area contributed by atoms with Crippen molar-refractivity contribution in [3.05, 3.63) is 24.3 Å². The molecule has 19 heavy (non-hydrogen) atoms. The van der Waals surface area contributed by atoms with Gasteiger partial charge < -0.3 is 20.9 Å². The summed E-state index contributed by atoms with van der Waals surface area (Å²) >= 11 is 4.82. The van der Waals surface area contributed by atoms with Crippen molar-refractivity contribution in [2.45, 2.75) is 18.9 Å². The molecule has 1 heterocycles. The van der Waals surface area contributed by atoms with Gasteiger partial charge in [-0.1, -0.05) is 0 Å². The van der Waals surface area contributed by atoms with Gasteiger partial charge in [0.15, 0.2) is 5.11 Å². The van der Waals surface area contributed by atoms with Gasteiger partial charge in [0.25, 0.3) is 0 Å². The standard InChI is InChI=1S/C14H22N4S/c1-17(2)12-7-9-18(10-8-12)13-5-3-11(4-6-13)16-14(15)19/h3-6,12H,7-10H2,1-2H3,(H3,15,16,19). The second kappa shape index (κ2) is 6.21. The van der Waals surface area contributed by atoms with Crippen LogP contribution in [0.1, 0.15) is 12.8 Å². The van der Waals surface area contributed by atoms with E-state index in [4.69, 9.17) is 18.0 Å². The number of hydrogen-bond donors (Lipinski definition) is 2. The molecule has 3 N–H and O–H groups in total. The quantitative estimate of drug-likeness (QED) is 0.827. The van der Waals surface area contributed by atoms with E-state index in [0.717, 1.165) is 18.8 Å². The molecule has 2 rings (SSSR count). The third-order valence-corrected chi connectivity index (χ3v) is 3.80. The third-order valence-electron chi connectivity index (χ3n) is 3.69. The molecule has 5 heteroatoms. The highest BCUT2D eigenvalue weighted by Gasteiger charge is 2.20. The van der Waals surface area contributed by atoms with Crippen molar-refractivity contribution >= 4 is 28.7 Å². The molecule has 0 radical (unpaired) electrons. The lowest BCUT2D eigenvalue weighted by Crippen LogP contribution is -2.41. The molecule has 4 nitrogen and oxygen atoms in total. The average molecular weight is 278 g/mol. The Kier molecular flexibility index (Phi) is 4.61. The molecular weight excluding hydrogens is 256 g/mol. The molecule has 0 spiro atoms. The van der Waals surface area contributed by atoms with Crippen LogP contribution in [0.2, 0.25) is 0 Å². The normalized spacial score (nSPS) is 16.7. The molecule has 0 aromatic heterocycles. The lowest BCUT2D eigenvalue weighted by Gasteiger charge is -2.36. The minimum atomic E-state index is 0.305. The fourth-order valence-electron chi connectivity index (χ4n) is 2.54. The summed E-state index contributed by atoms with van der Waals surface area (Å²) < 4.78 is 0. The van der Waals surface area contributed by atoms with E-state index in [1.165, 1.54) is 18.5 Å². The first-order valence-electron chi connectivity index (χ1n) is 6.64.